The second kappa shape index (κ2) is 4.22. The van der Waals surface area contributed by atoms with Crippen LogP contribution < -0.4 is 9.47 Å². The van der Waals surface area contributed by atoms with Crippen LogP contribution >= 0.6 is 0 Å². The molecule has 1 aliphatic heterocycles. The van der Waals surface area contributed by atoms with Crippen LogP contribution in [0.2, 0.25) is 0 Å². The van der Waals surface area contributed by atoms with E-state index in [-0.39, 0.29) is 12.0 Å². The number of benzene rings is 1. The lowest BCUT2D eigenvalue weighted by Gasteiger charge is -2.31. The van der Waals surface area contributed by atoms with Crippen LogP contribution in [0, 0.1) is 13.8 Å². The molecule has 0 saturated heterocycles. The Bertz CT molecular complexity index is 436. The molecule has 1 N–H and O–H groups in total. The molecule has 2 rings (SSSR count). The minimum absolute atomic E-state index is 0.0904. The van der Waals surface area contributed by atoms with E-state index < -0.39 is 0 Å². The molecule has 0 atom stereocenters. The molecular formula is C14H20O3. The number of rotatable bonds is 2. The molecule has 0 aromatic heterocycles. The molecule has 17 heavy (non-hydrogen) atoms. The molecule has 3 nitrogen and oxygen atoms in total. The highest BCUT2D eigenvalue weighted by Gasteiger charge is 2.30. The maximum atomic E-state index is 9.57. The largest absolute Gasteiger partial charge is 0.486 e. The molecule has 94 valence electrons. The van der Waals surface area contributed by atoms with Crippen molar-refractivity contribution in [3.05, 3.63) is 22.8 Å². The predicted molar refractivity (Wildman–Crippen MR) is 67.0 cm³/mol. The van der Waals surface area contributed by atoms with Gasteiger partial charge >= 0.3 is 0 Å². The Morgan fingerprint density at radius 2 is 1.88 bits per heavy atom. The monoisotopic (exact) mass is 236 g/mol. The Balaban J connectivity index is 2.67. The lowest BCUT2D eigenvalue weighted by molar-refractivity contribution is 0.160. The van der Waals surface area contributed by atoms with Crippen molar-refractivity contribution in [2.45, 2.75) is 33.1 Å². The van der Waals surface area contributed by atoms with Crippen LogP contribution in [0.5, 0.6) is 11.5 Å². The van der Waals surface area contributed by atoms with E-state index in [0.29, 0.717) is 13.2 Å². The molecule has 0 radical (unpaired) electrons. The van der Waals surface area contributed by atoms with Crippen LogP contribution in [-0.4, -0.2) is 24.9 Å². The first-order chi connectivity index (χ1) is 7.97. The molecule has 1 heterocycles. The van der Waals surface area contributed by atoms with Crippen LogP contribution in [0.3, 0.4) is 0 Å². The Morgan fingerprint density at radius 1 is 1.24 bits per heavy atom. The van der Waals surface area contributed by atoms with Crippen LogP contribution in [0.4, 0.5) is 0 Å². The third-order valence-corrected chi connectivity index (χ3v) is 3.42. The van der Waals surface area contributed by atoms with Gasteiger partial charge in [0.25, 0.3) is 0 Å². The van der Waals surface area contributed by atoms with Crippen molar-refractivity contribution in [1.82, 2.24) is 0 Å². The van der Waals surface area contributed by atoms with Crippen molar-refractivity contribution in [1.29, 1.82) is 0 Å². The lowest BCUT2D eigenvalue weighted by atomic mass is 9.80. The van der Waals surface area contributed by atoms with Crippen molar-refractivity contribution < 1.29 is 14.6 Å². The fraction of sp³-hybridized carbons (Fsp3) is 0.571. The lowest BCUT2D eigenvalue weighted by Crippen LogP contribution is -2.27. The van der Waals surface area contributed by atoms with E-state index in [0.717, 1.165) is 17.1 Å². The smallest absolute Gasteiger partial charge is 0.165 e. The molecule has 0 saturated carbocycles. The highest BCUT2D eigenvalue weighted by atomic mass is 16.6. The molecule has 1 aromatic rings. The van der Waals surface area contributed by atoms with Crippen LogP contribution in [0.25, 0.3) is 0 Å². The van der Waals surface area contributed by atoms with Crippen molar-refractivity contribution in [2.24, 2.45) is 0 Å². The molecule has 0 bridgehead atoms. The maximum absolute atomic E-state index is 9.57. The van der Waals surface area contributed by atoms with Crippen LogP contribution in [0.1, 0.15) is 30.5 Å². The van der Waals surface area contributed by atoms with Gasteiger partial charge in [-0.05, 0) is 31.0 Å². The fourth-order valence-corrected chi connectivity index (χ4v) is 2.30. The normalized spacial score (nSPS) is 14.9. The molecule has 0 spiro atoms. The summed E-state index contributed by atoms with van der Waals surface area (Å²) in [6.07, 6.45) is 0. The van der Waals surface area contributed by atoms with E-state index in [1.54, 1.807) is 0 Å². The molecule has 1 aliphatic rings. The number of hydrogen-bond donors (Lipinski definition) is 1. The number of hydrogen-bond acceptors (Lipinski definition) is 3. The quantitative estimate of drug-likeness (QED) is 0.856. The van der Waals surface area contributed by atoms with E-state index in [4.69, 9.17) is 9.47 Å². The fourth-order valence-electron chi connectivity index (χ4n) is 2.30. The Kier molecular flexibility index (Phi) is 3.04. The van der Waals surface area contributed by atoms with E-state index in [1.165, 1.54) is 11.1 Å². The predicted octanol–water partition coefficient (Wildman–Crippen LogP) is 2.34. The van der Waals surface area contributed by atoms with Crippen LogP contribution in [0.15, 0.2) is 6.07 Å². The molecule has 1 aromatic carbocycles. The minimum Gasteiger partial charge on any atom is -0.486 e. The number of aliphatic hydroxyl groups is 1. The highest BCUT2D eigenvalue weighted by Crippen LogP contribution is 2.43. The summed E-state index contributed by atoms with van der Waals surface area (Å²) >= 11 is 0. The number of aryl methyl sites for hydroxylation is 1. The minimum atomic E-state index is -0.319. The molecule has 0 amide bonds. The van der Waals surface area contributed by atoms with Crippen molar-refractivity contribution in [3.63, 3.8) is 0 Å². The third kappa shape index (κ3) is 2.00. The molecular weight excluding hydrogens is 216 g/mol. The summed E-state index contributed by atoms with van der Waals surface area (Å²) < 4.78 is 11.4. The van der Waals surface area contributed by atoms with Gasteiger partial charge in [-0.25, -0.2) is 0 Å². The summed E-state index contributed by atoms with van der Waals surface area (Å²) in [4.78, 5) is 0. The van der Waals surface area contributed by atoms with Crippen LogP contribution in [-0.2, 0) is 5.41 Å². The van der Waals surface area contributed by atoms with Gasteiger partial charge in [-0.3, -0.25) is 0 Å². The molecule has 0 unspecified atom stereocenters. The van der Waals surface area contributed by atoms with Gasteiger partial charge in [0.15, 0.2) is 11.5 Å². The zero-order valence-electron chi connectivity index (χ0n) is 11.0. The second-order valence-electron chi connectivity index (χ2n) is 5.26. The highest BCUT2D eigenvalue weighted by molar-refractivity contribution is 5.57. The van der Waals surface area contributed by atoms with E-state index in [2.05, 4.69) is 13.8 Å². The van der Waals surface area contributed by atoms with Gasteiger partial charge in [0.2, 0.25) is 0 Å². The summed E-state index contributed by atoms with van der Waals surface area (Å²) in [5.41, 5.74) is 3.09. The average molecular weight is 236 g/mol. The van der Waals surface area contributed by atoms with Gasteiger partial charge in [0.1, 0.15) is 13.2 Å². The van der Waals surface area contributed by atoms with Gasteiger partial charge in [0.05, 0.1) is 6.61 Å². The maximum Gasteiger partial charge on any atom is 0.165 e. The van der Waals surface area contributed by atoms with Gasteiger partial charge < -0.3 is 14.6 Å². The molecule has 3 heteroatoms. The summed E-state index contributed by atoms with van der Waals surface area (Å²) in [7, 11) is 0. The summed E-state index contributed by atoms with van der Waals surface area (Å²) in [6, 6.07) is 2.01. The summed E-state index contributed by atoms with van der Waals surface area (Å²) in [5.74, 6) is 1.61. The number of fused-ring (bicyclic) bond motifs is 1. The zero-order chi connectivity index (χ0) is 12.6. The SMILES string of the molecule is Cc1cc2c(c(C(C)(C)CO)c1C)OCCO2. The van der Waals surface area contributed by atoms with Gasteiger partial charge in [-0.1, -0.05) is 13.8 Å². The van der Waals surface area contributed by atoms with Crippen molar-refractivity contribution in [2.75, 3.05) is 19.8 Å². The standard InChI is InChI=1S/C14H20O3/c1-9-7-11-13(17-6-5-16-11)12(10(9)2)14(3,4)8-15/h7,15H,5-6,8H2,1-4H3. The Labute approximate surface area is 102 Å². The molecule has 0 fully saturated rings. The van der Waals surface area contributed by atoms with E-state index in [9.17, 15) is 5.11 Å². The van der Waals surface area contributed by atoms with Crippen molar-refractivity contribution >= 4 is 0 Å². The second-order valence-corrected chi connectivity index (χ2v) is 5.26. The van der Waals surface area contributed by atoms with E-state index in [1.807, 2.05) is 19.9 Å². The topological polar surface area (TPSA) is 38.7 Å². The third-order valence-electron chi connectivity index (χ3n) is 3.42. The van der Waals surface area contributed by atoms with Gasteiger partial charge in [-0.2, -0.15) is 0 Å². The van der Waals surface area contributed by atoms with Crippen molar-refractivity contribution in [3.8, 4) is 11.5 Å². The Morgan fingerprint density at radius 3 is 2.53 bits per heavy atom. The average Bonchev–Trinajstić information content (AvgIpc) is 2.30. The van der Waals surface area contributed by atoms with Gasteiger partial charge in [-0.15, -0.1) is 0 Å². The van der Waals surface area contributed by atoms with Gasteiger partial charge in [0, 0.05) is 11.0 Å². The summed E-state index contributed by atoms with van der Waals surface area (Å²) in [6.45, 7) is 9.43. The number of ether oxygens (including phenoxy) is 2. The molecule has 0 aliphatic carbocycles. The first kappa shape index (κ1) is 12.2. The summed E-state index contributed by atoms with van der Waals surface area (Å²) in [5, 5.41) is 9.57. The first-order valence-corrected chi connectivity index (χ1v) is 5.98. The first-order valence-electron chi connectivity index (χ1n) is 5.98. The van der Waals surface area contributed by atoms with E-state index >= 15 is 0 Å². The zero-order valence-corrected chi connectivity index (χ0v) is 11.0. The Hall–Kier alpha value is -1.22. The number of aliphatic hydroxyl groups excluding tert-OH is 1.